The Morgan fingerprint density at radius 2 is 0.792 bits per heavy atom. The van der Waals surface area contributed by atoms with Crippen molar-refractivity contribution in [2.75, 3.05) is 0 Å². The predicted molar refractivity (Wildman–Crippen MR) is 121 cm³/mol. The second-order valence-corrected chi connectivity index (χ2v) is 10.8. The topological polar surface area (TPSA) is 0 Å². The Bertz CT molecular complexity index is 165. The zero-order valence-electron chi connectivity index (χ0n) is 18.1. The van der Waals surface area contributed by atoms with Crippen LogP contribution in [-0.2, 0) is 0 Å². The van der Waals surface area contributed by atoms with Crippen LogP contribution in [0.15, 0.2) is 0 Å². The van der Waals surface area contributed by atoms with Gasteiger partial charge >= 0.3 is 0 Å². The van der Waals surface area contributed by atoms with E-state index >= 15 is 0 Å². The lowest BCUT2D eigenvalue weighted by Gasteiger charge is -2.01. The minimum atomic E-state index is 0.332. The van der Waals surface area contributed by atoms with Gasteiger partial charge in [0.1, 0.15) is 0 Å². The van der Waals surface area contributed by atoms with Gasteiger partial charge in [-0.05, 0) is 0 Å². The number of hydrogen-bond donors (Lipinski definition) is 0. The highest BCUT2D eigenvalue weighted by atomic mass is 27.1. The molecule has 0 aromatic heterocycles. The van der Waals surface area contributed by atoms with Crippen LogP contribution in [0, 0.1) is 0 Å². The van der Waals surface area contributed by atoms with E-state index in [1.165, 1.54) is 111 Å². The molecule has 2 heteroatoms. The van der Waals surface area contributed by atoms with E-state index in [1.807, 2.05) is 0 Å². The number of hydrogen-bond acceptors (Lipinski definition) is 0. The molecule has 0 aliphatic rings. The highest BCUT2D eigenvalue weighted by Gasteiger charge is 1.96. The summed E-state index contributed by atoms with van der Waals surface area (Å²) in [7, 11) is 0. The molecule has 0 atom stereocenters. The van der Waals surface area contributed by atoms with E-state index in [0.717, 1.165) is 0 Å². The Morgan fingerprint density at radius 1 is 0.458 bits per heavy atom. The van der Waals surface area contributed by atoms with Crippen molar-refractivity contribution in [1.29, 1.82) is 0 Å². The summed E-state index contributed by atoms with van der Waals surface area (Å²) >= 11 is 1.74. The summed E-state index contributed by atoms with van der Waals surface area (Å²) in [5, 5.41) is 4.75. The van der Waals surface area contributed by atoms with Gasteiger partial charge in [-0.25, -0.2) is 0 Å². The molecule has 0 amide bonds. The van der Waals surface area contributed by atoms with Crippen LogP contribution < -0.4 is 0 Å². The van der Waals surface area contributed by atoms with E-state index in [4.69, 9.17) is 0 Å². The molecule has 0 heterocycles. The Kier molecular flexibility index (Phi) is 32.8. The number of unbranched alkanes of at least 4 members (excludes halogenated alkanes) is 13. The molecular weight excluding hydrogens is 318 g/mol. The van der Waals surface area contributed by atoms with Crippen molar-refractivity contribution < 1.29 is 0 Å². The molecule has 0 bridgehead atoms. The van der Waals surface area contributed by atoms with Crippen molar-refractivity contribution in [3.63, 3.8) is 0 Å². The monoisotopic (exact) mass is 368 g/mol. The van der Waals surface area contributed by atoms with Crippen molar-refractivity contribution in [1.82, 2.24) is 0 Å². The fourth-order valence-corrected chi connectivity index (χ4v) is 5.39. The van der Waals surface area contributed by atoms with Gasteiger partial charge in [0.05, 0.1) is 0 Å². The highest BCUT2D eigenvalue weighted by Crippen LogP contribution is 2.10. The van der Waals surface area contributed by atoms with Crippen LogP contribution in [0.1, 0.15) is 124 Å². The quantitative estimate of drug-likeness (QED) is 0.173. The fraction of sp³-hybridized carbons (Fsp3) is 1.00. The third kappa shape index (κ3) is 30.9. The standard InChI is InChI=1S/2C8H17.C6H13.2Al.3H/c2*1-3-5-7-8-6-4-2;1-3-5-6-4-2;;;;;/h2*1,3-8H2,2H3;1,3-6H2,2H3;;;;;. The first-order valence-electron chi connectivity index (χ1n) is 11.8. The minimum absolute atomic E-state index is 0.332. The van der Waals surface area contributed by atoms with Crippen LogP contribution in [0.25, 0.3) is 0 Å². The van der Waals surface area contributed by atoms with E-state index in [-0.39, 0.29) is 0 Å². The van der Waals surface area contributed by atoms with E-state index in [2.05, 4.69) is 20.8 Å². The zero-order chi connectivity index (χ0) is 18.1. The molecule has 0 N–H and O–H groups in total. The first-order valence-corrected chi connectivity index (χ1v) is 15.2. The molecule has 0 rings (SSSR count). The molecule has 0 saturated heterocycles. The molecule has 0 aliphatic heterocycles. The van der Waals surface area contributed by atoms with E-state index in [9.17, 15) is 0 Å². The maximum Gasteiger partial charge on any atom is 0.236 e. The lowest BCUT2D eigenvalue weighted by Crippen LogP contribution is -1.90. The summed E-state index contributed by atoms with van der Waals surface area (Å²) in [4.78, 5) is 0. The van der Waals surface area contributed by atoms with Crippen LogP contribution in [0.3, 0.4) is 0 Å². The zero-order valence-corrected chi connectivity index (χ0v) is 21.6. The Morgan fingerprint density at radius 3 is 1.17 bits per heavy atom. The first-order chi connectivity index (χ1) is 11.8. The van der Waals surface area contributed by atoms with Gasteiger partial charge in [-0.15, -0.1) is 5.28 Å². The molecule has 0 aliphatic carbocycles. The SMILES string of the molecule is CCCCCCC[CH2][AlH][CH2]CCCCCCC.CCCCC[CH2][AlH2]. The second kappa shape index (κ2) is 28.9. The van der Waals surface area contributed by atoms with Crippen LogP contribution in [0.5, 0.6) is 0 Å². The maximum atomic E-state index is 2.30. The van der Waals surface area contributed by atoms with E-state index in [0.29, 0.717) is 15.2 Å². The van der Waals surface area contributed by atoms with Gasteiger partial charge in [0.15, 0.2) is 0 Å². The summed E-state index contributed by atoms with van der Waals surface area (Å²) in [5.74, 6) is 0. The summed E-state index contributed by atoms with van der Waals surface area (Å²) < 4.78 is 0. The van der Waals surface area contributed by atoms with E-state index < -0.39 is 0 Å². The molecule has 0 fully saturated rings. The lowest BCUT2D eigenvalue weighted by molar-refractivity contribution is 0.618. The number of rotatable bonds is 18. The van der Waals surface area contributed by atoms with Gasteiger partial charge in [-0.2, -0.15) is 0 Å². The average molecular weight is 369 g/mol. The molecule has 0 unspecified atom stereocenters. The van der Waals surface area contributed by atoms with Gasteiger partial charge < -0.3 is 0 Å². The molecular formula is C22H50Al2. The first kappa shape index (κ1) is 27.3. The highest BCUT2D eigenvalue weighted by molar-refractivity contribution is 6.35. The third-order valence-corrected chi connectivity index (χ3v) is 7.62. The van der Waals surface area contributed by atoms with Gasteiger partial charge in [-0.1, -0.05) is 134 Å². The van der Waals surface area contributed by atoms with Crippen molar-refractivity contribution in [2.45, 2.75) is 139 Å². The molecule has 0 spiro atoms. The minimum Gasteiger partial charge on any atom is -0.101 e. The Hall–Kier alpha value is 1.06. The smallest absolute Gasteiger partial charge is 0.101 e. The van der Waals surface area contributed by atoms with Crippen LogP contribution in [0.2, 0.25) is 15.8 Å². The van der Waals surface area contributed by atoms with E-state index in [1.54, 1.807) is 23.4 Å². The molecule has 0 aromatic carbocycles. The van der Waals surface area contributed by atoms with Crippen molar-refractivity contribution >= 4 is 31.5 Å². The van der Waals surface area contributed by atoms with Crippen LogP contribution >= 0.6 is 0 Å². The molecule has 0 nitrogen and oxygen atoms in total. The third-order valence-electron chi connectivity index (χ3n) is 4.91. The summed E-state index contributed by atoms with van der Waals surface area (Å²) in [6.45, 7) is 6.86. The fourth-order valence-electron chi connectivity index (χ4n) is 3.12. The van der Waals surface area contributed by atoms with Gasteiger partial charge in [0.2, 0.25) is 31.5 Å². The lowest BCUT2D eigenvalue weighted by atomic mass is 10.1. The van der Waals surface area contributed by atoms with Gasteiger partial charge in [-0.3, -0.25) is 0 Å². The molecule has 0 radical (unpaired) electrons. The molecule has 24 heavy (non-hydrogen) atoms. The molecule has 0 aromatic rings. The Balaban J connectivity index is 0. The second-order valence-electron chi connectivity index (χ2n) is 7.66. The van der Waals surface area contributed by atoms with Gasteiger partial charge in [0.25, 0.3) is 0 Å². The summed E-state index contributed by atoms with van der Waals surface area (Å²) in [6.07, 6.45) is 23.5. The van der Waals surface area contributed by atoms with Gasteiger partial charge in [0, 0.05) is 0 Å². The van der Waals surface area contributed by atoms with Crippen LogP contribution in [-0.4, -0.2) is 31.5 Å². The van der Waals surface area contributed by atoms with Crippen molar-refractivity contribution in [3.8, 4) is 0 Å². The molecule has 0 saturated carbocycles. The summed E-state index contributed by atoms with van der Waals surface area (Å²) in [5.41, 5.74) is 0. The maximum absolute atomic E-state index is 2.30. The average Bonchev–Trinajstić information content (AvgIpc) is 2.60. The molecule has 144 valence electrons. The van der Waals surface area contributed by atoms with Crippen molar-refractivity contribution in [2.24, 2.45) is 0 Å². The normalized spacial score (nSPS) is 10.3. The predicted octanol–water partition coefficient (Wildman–Crippen LogP) is 7.60. The largest absolute Gasteiger partial charge is 0.236 e. The Labute approximate surface area is 170 Å². The van der Waals surface area contributed by atoms with Crippen LogP contribution in [0.4, 0.5) is 0 Å². The summed E-state index contributed by atoms with van der Waals surface area (Å²) in [6, 6.07) is 0. The van der Waals surface area contributed by atoms with Crippen molar-refractivity contribution in [3.05, 3.63) is 0 Å².